The van der Waals surface area contributed by atoms with Gasteiger partial charge < -0.3 is 5.32 Å². The summed E-state index contributed by atoms with van der Waals surface area (Å²) in [6.45, 7) is 3.21. The van der Waals surface area contributed by atoms with Gasteiger partial charge in [0.1, 0.15) is 5.01 Å². The SMILES string of the molecule is CCNC(c1nccs1)C1CCC1. The van der Waals surface area contributed by atoms with Crippen molar-refractivity contribution in [2.75, 3.05) is 6.54 Å². The minimum absolute atomic E-state index is 0.527. The molecule has 0 amide bonds. The van der Waals surface area contributed by atoms with Crippen LogP contribution in [0.2, 0.25) is 0 Å². The van der Waals surface area contributed by atoms with Crippen LogP contribution >= 0.6 is 11.3 Å². The zero-order chi connectivity index (χ0) is 9.10. The van der Waals surface area contributed by atoms with Crippen molar-refractivity contribution in [2.24, 2.45) is 5.92 Å². The predicted molar refractivity (Wildman–Crippen MR) is 55.9 cm³/mol. The zero-order valence-corrected chi connectivity index (χ0v) is 8.81. The van der Waals surface area contributed by atoms with Crippen molar-refractivity contribution in [3.8, 4) is 0 Å². The second-order valence-corrected chi connectivity index (χ2v) is 4.52. The molecule has 3 heteroatoms. The minimum atomic E-state index is 0.527. The number of nitrogens with one attached hydrogen (secondary N) is 1. The molecule has 0 aromatic carbocycles. The van der Waals surface area contributed by atoms with Gasteiger partial charge in [-0.1, -0.05) is 13.3 Å². The summed E-state index contributed by atoms with van der Waals surface area (Å²) in [5.74, 6) is 0.839. The molecule has 2 nitrogen and oxygen atoms in total. The number of rotatable bonds is 4. The van der Waals surface area contributed by atoms with Gasteiger partial charge in [-0.25, -0.2) is 4.98 Å². The monoisotopic (exact) mass is 196 g/mol. The summed E-state index contributed by atoms with van der Waals surface area (Å²) in [5.41, 5.74) is 0. The second-order valence-electron chi connectivity index (χ2n) is 3.60. The van der Waals surface area contributed by atoms with Crippen LogP contribution in [-0.2, 0) is 0 Å². The van der Waals surface area contributed by atoms with Gasteiger partial charge in [0, 0.05) is 11.6 Å². The molecule has 13 heavy (non-hydrogen) atoms. The van der Waals surface area contributed by atoms with Gasteiger partial charge in [-0.2, -0.15) is 0 Å². The van der Waals surface area contributed by atoms with Crippen LogP contribution in [0.4, 0.5) is 0 Å². The molecule has 0 bridgehead atoms. The molecule has 1 saturated carbocycles. The molecule has 1 aromatic rings. The maximum atomic E-state index is 4.39. The Hall–Kier alpha value is -0.410. The Morgan fingerprint density at radius 2 is 2.54 bits per heavy atom. The Morgan fingerprint density at radius 1 is 1.69 bits per heavy atom. The molecule has 1 unspecified atom stereocenters. The van der Waals surface area contributed by atoms with Crippen molar-refractivity contribution in [3.63, 3.8) is 0 Å². The summed E-state index contributed by atoms with van der Waals surface area (Å²) < 4.78 is 0. The zero-order valence-electron chi connectivity index (χ0n) is 7.99. The quantitative estimate of drug-likeness (QED) is 0.800. The van der Waals surface area contributed by atoms with Crippen molar-refractivity contribution < 1.29 is 0 Å². The van der Waals surface area contributed by atoms with Gasteiger partial charge in [-0.05, 0) is 25.3 Å². The van der Waals surface area contributed by atoms with E-state index in [0.717, 1.165) is 12.5 Å². The smallest absolute Gasteiger partial charge is 0.110 e. The second kappa shape index (κ2) is 4.20. The number of aromatic nitrogens is 1. The van der Waals surface area contributed by atoms with Crippen LogP contribution < -0.4 is 5.32 Å². The number of hydrogen-bond acceptors (Lipinski definition) is 3. The maximum absolute atomic E-state index is 4.39. The van der Waals surface area contributed by atoms with Crippen LogP contribution in [0.5, 0.6) is 0 Å². The van der Waals surface area contributed by atoms with E-state index in [1.165, 1.54) is 24.3 Å². The van der Waals surface area contributed by atoms with Gasteiger partial charge in [0.05, 0.1) is 6.04 Å². The van der Waals surface area contributed by atoms with Crippen molar-refractivity contribution in [1.82, 2.24) is 10.3 Å². The molecule has 1 aliphatic carbocycles. The third-order valence-corrected chi connectivity index (χ3v) is 3.62. The molecule has 1 atom stereocenters. The molecule has 1 N–H and O–H groups in total. The van der Waals surface area contributed by atoms with Crippen molar-refractivity contribution >= 4 is 11.3 Å². The molecule has 0 radical (unpaired) electrons. The van der Waals surface area contributed by atoms with Crippen LogP contribution in [0.1, 0.15) is 37.2 Å². The molecule has 0 aliphatic heterocycles. The van der Waals surface area contributed by atoms with Gasteiger partial charge in [-0.15, -0.1) is 11.3 Å². The topological polar surface area (TPSA) is 24.9 Å². The van der Waals surface area contributed by atoms with Gasteiger partial charge in [0.15, 0.2) is 0 Å². The first-order valence-corrected chi connectivity index (χ1v) is 5.92. The molecular weight excluding hydrogens is 180 g/mol. The van der Waals surface area contributed by atoms with E-state index < -0.39 is 0 Å². The summed E-state index contributed by atoms with van der Waals surface area (Å²) in [6.07, 6.45) is 6.05. The predicted octanol–water partition coefficient (Wildman–Crippen LogP) is 2.59. The summed E-state index contributed by atoms with van der Waals surface area (Å²) in [7, 11) is 0. The Bertz CT molecular complexity index is 241. The van der Waals surface area contributed by atoms with E-state index in [1.807, 2.05) is 6.20 Å². The standard InChI is InChI=1S/C10H16N2S/c1-2-11-9(8-4-3-5-8)10-12-6-7-13-10/h6-9,11H,2-5H2,1H3. The Balaban J connectivity index is 2.04. The minimum Gasteiger partial charge on any atom is -0.308 e. The van der Waals surface area contributed by atoms with Crippen molar-refractivity contribution in [3.05, 3.63) is 16.6 Å². The molecule has 1 aromatic heterocycles. The van der Waals surface area contributed by atoms with Crippen molar-refractivity contribution in [1.29, 1.82) is 0 Å². The molecule has 1 fully saturated rings. The first kappa shape index (κ1) is 9.16. The lowest BCUT2D eigenvalue weighted by Gasteiger charge is -2.32. The van der Waals surface area contributed by atoms with E-state index in [-0.39, 0.29) is 0 Å². The van der Waals surface area contributed by atoms with E-state index in [9.17, 15) is 0 Å². The third-order valence-electron chi connectivity index (χ3n) is 2.76. The lowest BCUT2D eigenvalue weighted by Crippen LogP contribution is -2.31. The van der Waals surface area contributed by atoms with Crippen LogP contribution in [0, 0.1) is 5.92 Å². The Kier molecular flexibility index (Phi) is 2.96. The largest absolute Gasteiger partial charge is 0.308 e. The first-order chi connectivity index (χ1) is 6.42. The molecule has 0 spiro atoms. The summed E-state index contributed by atoms with van der Waals surface area (Å²) in [5, 5.41) is 6.87. The first-order valence-electron chi connectivity index (χ1n) is 5.04. The van der Waals surface area contributed by atoms with Gasteiger partial charge in [-0.3, -0.25) is 0 Å². The highest BCUT2D eigenvalue weighted by Crippen LogP contribution is 2.38. The number of thiazole rings is 1. The summed E-state index contributed by atoms with van der Waals surface area (Å²) in [6, 6.07) is 0.527. The fourth-order valence-electron chi connectivity index (χ4n) is 1.84. The number of hydrogen-bond donors (Lipinski definition) is 1. The van der Waals surface area contributed by atoms with E-state index in [0.29, 0.717) is 6.04 Å². The maximum Gasteiger partial charge on any atom is 0.110 e. The molecule has 72 valence electrons. The highest BCUT2D eigenvalue weighted by molar-refractivity contribution is 7.09. The number of nitrogens with zero attached hydrogens (tertiary/aromatic N) is 1. The Morgan fingerprint density at radius 3 is 3.00 bits per heavy atom. The highest BCUT2D eigenvalue weighted by atomic mass is 32.1. The van der Waals surface area contributed by atoms with Gasteiger partial charge >= 0.3 is 0 Å². The van der Waals surface area contributed by atoms with Gasteiger partial charge in [0.25, 0.3) is 0 Å². The van der Waals surface area contributed by atoms with E-state index >= 15 is 0 Å². The molecule has 0 saturated heterocycles. The van der Waals surface area contributed by atoms with Crippen LogP contribution in [0.15, 0.2) is 11.6 Å². The van der Waals surface area contributed by atoms with Crippen LogP contribution in [0.25, 0.3) is 0 Å². The average molecular weight is 196 g/mol. The fraction of sp³-hybridized carbons (Fsp3) is 0.700. The molecule has 2 rings (SSSR count). The lowest BCUT2D eigenvalue weighted by molar-refractivity contribution is 0.233. The van der Waals surface area contributed by atoms with E-state index in [1.54, 1.807) is 11.3 Å². The highest BCUT2D eigenvalue weighted by Gasteiger charge is 2.29. The Labute approximate surface area is 83.4 Å². The fourth-order valence-corrected chi connectivity index (χ4v) is 2.64. The molecule has 1 aliphatic rings. The van der Waals surface area contributed by atoms with E-state index in [4.69, 9.17) is 0 Å². The third kappa shape index (κ3) is 1.92. The van der Waals surface area contributed by atoms with Crippen LogP contribution in [-0.4, -0.2) is 11.5 Å². The normalized spacial score (nSPS) is 19.8. The summed E-state index contributed by atoms with van der Waals surface area (Å²) >= 11 is 1.77. The van der Waals surface area contributed by atoms with Crippen molar-refractivity contribution in [2.45, 2.75) is 32.2 Å². The average Bonchev–Trinajstić information content (AvgIpc) is 2.51. The van der Waals surface area contributed by atoms with Gasteiger partial charge in [0.2, 0.25) is 0 Å². The van der Waals surface area contributed by atoms with Crippen LogP contribution in [0.3, 0.4) is 0 Å². The molecule has 1 heterocycles. The lowest BCUT2D eigenvalue weighted by atomic mass is 9.80. The summed E-state index contributed by atoms with van der Waals surface area (Å²) in [4.78, 5) is 4.39. The van der Waals surface area contributed by atoms with E-state index in [2.05, 4.69) is 22.6 Å². The molecular formula is C10H16N2S.